The number of hydrogen-bond acceptors (Lipinski definition) is 4. The van der Waals surface area contributed by atoms with Gasteiger partial charge < -0.3 is 4.74 Å². The van der Waals surface area contributed by atoms with Gasteiger partial charge in [-0.05, 0) is 11.6 Å². The number of carbonyl (C=O) groups excluding carboxylic acids is 1. The zero-order valence-electron chi connectivity index (χ0n) is 8.00. The highest BCUT2D eigenvalue weighted by molar-refractivity contribution is 6.68. The minimum absolute atomic E-state index is 0.0732. The van der Waals surface area contributed by atoms with E-state index in [1.54, 1.807) is 6.07 Å². The first kappa shape index (κ1) is 12.3. The number of ether oxygens (including phenoxy) is 1. The lowest BCUT2D eigenvalue weighted by molar-refractivity contribution is 0.106. The molecule has 0 amide bonds. The van der Waals surface area contributed by atoms with Crippen LogP contribution in [0.25, 0.3) is 0 Å². The van der Waals surface area contributed by atoms with Crippen LogP contribution in [0.5, 0.6) is 5.75 Å². The highest BCUT2D eigenvalue weighted by Gasteiger charge is 2.25. The van der Waals surface area contributed by atoms with Gasteiger partial charge in [-0.3, -0.25) is 9.78 Å². The highest BCUT2D eigenvalue weighted by Crippen LogP contribution is 2.29. The minimum Gasteiger partial charge on any atom is -0.494 e. The van der Waals surface area contributed by atoms with Crippen molar-refractivity contribution in [1.29, 1.82) is 5.26 Å². The average molecular weight is 247 g/mol. The van der Waals surface area contributed by atoms with Gasteiger partial charge in [0.25, 0.3) is 11.7 Å². The van der Waals surface area contributed by atoms with E-state index in [1.165, 1.54) is 7.11 Å². The zero-order valence-corrected chi connectivity index (χ0v) is 8.76. The van der Waals surface area contributed by atoms with Gasteiger partial charge in [0.1, 0.15) is 17.3 Å². The molecule has 1 aromatic rings. The molecule has 0 unspecified atom stereocenters. The van der Waals surface area contributed by atoms with Gasteiger partial charge in [-0.1, -0.05) is 0 Å². The summed E-state index contributed by atoms with van der Waals surface area (Å²) >= 11 is 5.15. The largest absolute Gasteiger partial charge is 0.494 e. The molecular formula is C9H5ClF2N2O2. The van der Waals surface area contributed by atoms with Gasteiger partial charge >= 0.3 is 0 Å². The van der Waals surface area contributed by atoms with Crippen LogP contribution in [0.1, 0.15) is 28.0 Å². The minimum atomic E-state index is -2.99. The van der Waals surface area contributed by atoms with Crippen LogP contribution < -0.4 is 4.74 Å². The molecule has 0 aliphatic carbocycles. The Bertz CT molecular complexity index is 471. The number of nitriles is 1. The Hall–Kier alpha value is -1.74. The molecule has 0 atom stereocenters. The molecule has 0 aliphatic heterocycles. The van der Waals surface area contributed by atoms with E-state index in [2.05, 4.69) is 4.98 Å². The Morgan fingerprint density at radius 3 is 2.69 bits per heavy atom. The van der Waals surface area contributed by atoms with Gasteiger partial charge in [-0.25, -0.2) is 8.78 Å². The molecule has 1 rings (SSSR count). The number of pyridine rings is 1. The van der Waals surface area contributed by atoms with Crippen molar-refractivity contribution in [2.45, 2.75) is 6.43 Å². The predicted molar refractivity (Wildman–Crippen MR) is 50.6 cm³/mol. The molecule has 0 spiro atoms. The molecule has 0 radical (unpaired) electrons. The maximum atomic E-state index is 12.5. The summed E-state index contributed by atoms with van der Waals surface area (Å²) in [6.45, 7) is 0. The number of methoxy groups -OCH3 is 1. The molecule has 4 nitrogen and oxygen atoms in total. The summed E-state index contributed by atoms with van der Waals surface area (Å²) in [6, 6.07) is 1.59. The third-order valence-electron chi connectivity index (χ3n) is 1.81. The normalized spacial score (nSPS) is 10.0. The lowest BCUT2D eigenvalue weighted by Crippen LogP contribution is -2.06. The van der Waals surface area contributed by atoms with E-state index in [0.29, 0.717) is 0 Å². The van der Waals surface area contributed by atoms with Crippen LogP contribution >= 0.6 is 11.6 Å². The van der Waals surface area contributed by atoms with E-state index < -0.39 is 22.9 Å². The van der Waals surface area contributed by atoms with Crippen molar-refractivity contribution < 1.29 is 18.3 Å². The summed E-state index contributed by atoms with van der Waals surface area (Å²) in [6.07, 6.45) is -2.04. The van der Waals surface area contributed by atoms with Gasteiger partial charge in [-0.2, -0.15) is 5.26 Å². The van der Waals surface area contributed by atoms with Crippen molar-refractivity contribution in [3.63, 3.8) is 0 Å². The number of alkyl halides is 2. The summed E-state index contributed by atoms with van der Waals surface area (Å²) in [5.41, 5.74) is -1.77. The molecule has 84 valence electrons. The van der Waals surface area contributed by atoms with Gasteiger partial charge in [0, 0.05) is 0 Å². The third kappa shape index (κ3) is 2.09. The first-order chi connectivity index (χ1) is 7.52. The lowest BCUT2D eigenvalue weighted by atomic mass is 10.1. The summed E-state index contributed by atoms with van der Waals surface area (Å²) in [5, 5.41) is 7.60. The molecule has 0 N–H and O–H groups in total. The quantitative estimate of drug-likeness (QED) is 0.768. The fourth-order valence-electron chi connectivity index (χ4n) is 1.14. The van der Waals surface area contributed by atoms with E-state index in [4.69, 9.17) is 21.6 Å². The van der Waals surface area contributed by atoms with Crippen LogP contribution in [0.3, 0.4) is 0 Å². The molecule has 0 fully saturated rings. The van der Waals surface area contributed by atoms with Gasteiger partial charge in [0.05, 0.1) is 18.9 Å². The van der Waals surface area contributed by atoms with Crippen molar-refractivity contribution in [2.75, 3.05) is 7.11 Å². The van der Waals surface area contributed by atoms with E-state index in [-0.39, 0.29) is 11.3 Å². The molecule has 1 aromatic heterocycles. The van der Waals surface area contributed by atoms with Gasteiger partial charge in [-0.15, -0.1) is 0 Å². The van der Waals surface area contributed by atoms with Crippen molar-refractivity contribution in [3.05, 3.63) is 23.0 Å². The first-order valence-electron chi connectivity index (χ1n) is 3.97. The number of hydrogen-bond donors (Lipinski definition) is 0. The Labute approximate surface area is 94.4 Å². The van der Waals surface area contributed by atoms with Crippen LogP contribution in [0.15, 0.2) is 6.20 Å². The second-order valence-corrected chi connectivity index (χ2v) is 2.99. The molecule has 0 bridgehead atoms. The highest BCUT2D eigenvalue weighted by atomic mass is 35.5. The molecule has 0 saturated carbocycles. The van der Waals surface area contributed by atoms with E-state index in [0.717, 1.165) is 6.20 Å². The van der Waals surface area contributed by atoms with Gasteiger partial charge in [0.15, 0.2) is 5.75 Å². The Morgan fingerprint density at radius 2 is 2.31 bits per heavy atom. The maximum Gasteiger partial charge on any atom is 0.281 e. The zero-order chi connectivity index (χ0) is 12.3. The van der Waals surface area contributed by atoms with Gasteiger partial charge in [0.2, 0.25) is 0 Å². The van der Waals surface area contributed by atoms with Crippen LogP contribution in [0.2, 0.25) is 0 Å². The number of rotatable bonds is 3. The SMILES string of the molecule is COc1cnc(C(F)F)c(C(=O)Cl)c1C#N. The van der Waals surface area contributed by atoms with Crippen LogP contribution in [-0.4, -0.2) is 17.3 Å². The monoisotopic (exact) mass is 246 g/mol. The van der Waals surface area contributed by atoms with E-state index in [1.807, 2.05) is 0 Å². The smallest absolute Gasteiger partial charge is 0.281 e. The van der Waals surface area contributed by atoms with E-state index in [9.17, 15) is 13.6 Å². The predicted octanol–water partition coefficient (Wildman–Crippen LogP) is 2.28. The summed E-state index contributed by atoms with van der Waals surface area (Å²) in [5.74, 6) is -0.0732. The molecule has 0 aromatic carbocycles. The molecule has 7 heteroatoms. The van der Waals surface area contributed by atoms with Crippen molar-refractivity contribution >= 4 is 16.8 Å². The number of nitrogens with zero attached hydrogens (tertiary/aromatic N) is 2. The van der Waals surface area contributed by atoms with Crippen LogP contribution in [-0.2, 0) is 0 Å². The molecule has 1 heterocycles. The second kappa shape index (κ2) is 4.86. The first-order valence-corrected chi connectivity index (χ1v) is 4.35. The number of halogens is 3. The van der Waals surface area contributed by atoms with Crippen molar-refractivity contribution in [3.8, 4) is 11.8 Å². The number of aromatic nitrogens is 1. The third-order valence-corrected chi connectivity index (χ3v) is 2.00. The number of carbonyl (C=O) groups is 1. The molecular weight excluding hydrogens is 242 g/mol. The standard InChI is InChI=1S/C9H5ClF2N2O2/c1-16-5-3-14-7(9(11)12)6(8(10)15)4(5)2-13/h3,9H,1H3. The summed E-state index contributed by atoms with van der Waals surface area (Å²) in [7, 11) is 1.22. The van der Waals surface area contributed by atoms with Crippen molar-refractivity contribution in [1.82, 2.24) is 4.98 Å². The maximum absolute atomic E-state index is 12.5. The fraction of sp³-hybridized carbons (Fsp3) is 0.222. The Balaban J connectivity index is 3.59. The molecule has 0 saturated heterocycles. The van der Waals surface area contributed by atoms with E-state index >= 15 is 0 Å². The van der Waals surface area contributed by atoms with Crippen LogP contribution in [0.4, 0.5) is 8.78 Å². The Kier molecular flexibility index (Phi) is 3.74. The fourth-order valence-corrected chi connectivity index (χ4v) is 1.33. The Morgan fingerprint density at radius 1 is 1.69 bits per heavy atom. The average Bonchev–Trinajstić information content (AvgIpc) is 2.26. The van der Waals surface area contributed by atoms with Crippen LogP contribution in [0, 0.1) is 11.3 Å². The summed E-state index contributed by atoms with van der Waals surface area (Å²) in [4.78, 5) is 14.4. The second-order valence-electron chi connectivity index (χ2n) is 2.65. The molecule has 16 heavy (non-hydrogen) atoms. The topological polar surface area (TPSA) is 63.0 Å². The summed E-state index contributed by atoms with van der Waals surface area (Å²) < 4.78 is 29.8. The lowest BCUT2D eigenvalue weighted by Gasteiger charge is -2.09. The molecule has 0 aliphatic rings. The van der Waals surface area contributed by atoms with Crippen molar-refractivity contribution in [2.24, 2.45) is 0 Å².